The van der Waals surface area contributed by atoms with E-state index in [-0.39, 0.29) is 16.8 Å². The number of anilines is 1. The van der Waals surface area contributed by atoms with E-state index in [1.54, 1.807) is 7.05 Å². The number of aromatic nitrogens is 2. The van der Waals surface area contributed by atoms with E-state index in [2.05, 4.69) is 9.82 Å². The first-order valence-corrected chi connectivity index (χ1v) is 7.18. The Morgan fingerprint density at radius 2 is 2.33 bits per heavy atom. The molecule has 8 heteroatoms. The molecule has 18 heavy (non-hydrogen) atoms. The average Bonchev–Trinajstić information content (AvgIpc) is 2.71. The third-order valence-electron chi connectivity index (χ3n) is 3.37. The molecule has 0 spiro atoms. The van der Waals surface area contributed by atoms with Gasteiger partial charge in [-0.15, -0.1) is 0 Å². The molecule has 0 saturated carbocycles. The summed E-state index contributed by atoms with van der Waals surface area (Å²) in [5.74, 6) is 0.000156. The molecule has 1 aliphatic rings. The van der Waals surface area contributed by atoms with Gasteiger partial charge in [-0.2, -0.15) is 5.10 Å². The molecule has 0 amide bonds. The molecule has 0 bridgehead atoms. The zero-order valence-corrected chi connectivity index (χ0v) is 11.5. The van der Waals surface area contributed by atoms with Gasteiger partial charge >= 0.3 is 0 Å². The smallest absolute Gasteiger partial charge is 0.246 e. The van der Waals surface area contributed by atoms with E-state index in [0.29, 0.717) is 13.0 Å². The molecule has 2 heterocycles. The first kappa shape index (κ1) is 13.3. The van der Waals surface area contributed by atoms with Crippen LogP contribution in [0, 0.1) is 0 Å². The van der Waals surface area contributed by atoms with Crippen molar-refractivity contribution in [1.29, 1.82) is 0 Å². The number of hydrogen-bond donors (Lipinski definition) is 2. The fourth-order valence-corrected chi connectivity index (χ4v) is 3.62. The van der Waals surface area contributed by atoms with Gasteiger partial charge in [0.25, 0.3) is 0 Å². The van der Waals surface area contributed by atoms with Crippen LogP contribution >= 0.6 is 0 Å². The second-order valence-corrected chi connectivity index (χ2v) is 6.49. The minimum Gasteiger partial charge on any atom is -0.381 e. The Labute approximate surface area is 106 Å². The van der Waals surface area contributed by atoms with Gasteiger partial charge in [0, 0.05) is 19.9 Å². The summed E-state index contributed by atoms with van der Waals surface area (Å²) in [6.07, 6.45) is 1.85. The molecule has 0 radical (unpaired) electrons. The lowest BCUT2D eigenvalue weighted by Crippen LogP contribution is -2.50. The number of nitrogens with zero attached hydrogens (tertiary/aromatic N) is 2. The van der Waals surface area contributed by atoms with Crippen LogP contribution in [0.5, 0.6) is 0 Å². The Morgan fingerprint density at radius 3 is 2.78 bits per heavy atom. The number of ether oxygens (including phenoxy) is 1. The lowest BCUT2D eigenvalue weighted by Gasteiger charge is -2.28. The topological polar surface area (TPSA) is 99.2 Å². The molecule has 0 aliphatic carbocycles. The number of rotatable bonds is 3. The fraction of sp³-hybridized carbons (Fsp3) is 0.700. The molecular weight excluding hydrogens is 256 g/mol. The number of aryl methyl sites for hydroxylation is 1. The van der Waals surface area contributed by atoms with E-state index in [1.807, 2.05) is 13.8 Å². The number of nitrogen functional groups attached to an aromatic ring is 1. The summed E-state index contributed by atoms with van der Waals surface area (Å²) in [4.78, 5) is 0.00493. The quantitative estimate of drug-likeness (QED) is 0.798. The van der Waals surface area contributed by atoms with E-state index >= 15 is 0 Å². The maximum Gasteiger partial charge on any atom is 0.246 e. The van der Waals surface area contributed by atoms with Gasteiger partial charge in [0.05, 0.1) is 11.6 Å². The van der Waals surface area contributed by atoms with E-state index in [4.69, 9.17) is 10.5 Å². The minimum absolute atomic E-state index is 0.000156. The molecule has 0 aromatic carbocycles. The zero-order valence-electron chi connectivity index (χ0n) is 10.7. The highest BCUT2D eigenvalue weighted by Gasteiger charge is 2.41. The molecule has 7 nitrogen and oxygen atoms in total. The van der Waals surface area contributed by atoms with Crippen molar-refractivity contribution in [3.05, 3.63) is 6.20 Å². The average molecular weight is 274 g/mol. The third-order valence-corrected chi connectivity index (χ3v) is 4.99. The van der Waals surface area contributed by atoms with Crippen molar-refractivity contribution in [1.82, 2.24) is 14.5 Å². The van der Waals surface area contributed by atoms with Crippen molar-refractivity contribution in [2.24, 2.45) is 7.05 Å². The molecular formula is C10H18N4O3S. The molecule has 3 N–H and O–H groups in total. The van der Waals surface area contributed by atoms with Crippen LogP contribution in [0.2, 0.25) is 0 Å². The van der Waals surface area contributed by atoms with Crippen molar-refractivity contribution >= 4 is 15.8 Å². The summed E-state index contributed by atoms with van der Waals surface area (Å²) in [6, 6.07) is 0. The molecule has 2 rings (SSSR count). The van der Waals surface area contributed by atoms with Crippen molar-refractivity contribution in [2.45, 2.75) is 36.8 Å². The highest BCUT2D eigenvalue weighted by molar-refractivity contribution is 7.89. The van der Waals surface area contributed by atoms with Crippen molar-refractivity contribution in [2.75, 3.05) is 12.3 Å². The maximum atomic E-state index is 12.3. The molecule has 102 valence electrons. The van der Waals surface area contributed by atoms with Crippen LogP contribution in [-0.2, 0) is 21.8 Å². The Hall–Kier alpha value is -1.12. The van der Waals surface area contributed by atoms with Gasteiger partial charge in [0.1, 0.15) is 4.90 Å². The second-order valence-electron chi connectivity index (χ2n) is 4.84. The monoisotopic (exact) mass is 274 g/mol. The van der Waals surface area contributed by atoms with E-state index in [9.17, 15) is 8.42 Å². The van der Waals surface area contributed by atoms with E-state index in [1.165, 1.54) is 10.9 Å². The van der Waals surface area contributed by atoms with Crippen LogP contribution in [0.1, 0.15) is 20.3 Å². The predicted molar refractivity (Wildman–Crippen MR) is 66.4 cm³/mol. The van der Waals surface area contributed by atoms with Crippen molar-refractivity contribution < 1.29 is 13.2 Å². The molecule has 1 aromatic heterocycles. The van der Waals surface area contributed by atoms with Gasteiger partial charge in [-0.1, -0.05) is 0 Å². The van der Waals surface area contributed by atoms with E-state index in [0.717, 1.165) is 0 Å². The lowest BCUT2D eigenvalue weighted by atomic mass is 9.97. The van der Waals surface area contributed by atoms with Crippen LogP contribution in [0.3, 0.4) is 0 Å². The van der Waals surface area contributed by atoms with Crippen molar-refractivity contribution in [3.8, 4) is 0 Å². The SMILES string of the molecule is CC1OCCC1(C)NS(=O)(=O)c1cn(C)nc1N. The fourth-order valence-electron chi connectivity index (χ4n) is 2.02. The third kappa shape index (κ3) is 2.23. The largest absolute Gasteiger partial charge is 0.381 e. The molecule has 2 atom stereocenters. The van der Waals surface area contributed by atoms with Gasteiger partial charge in [0.15, 0.2) is 5.82 Å². The highest BCUT2D eigenvalue weighted by atomic mass is 32.2. The van der Waals surface area contributed by atoms with Gasteiger partial charge in [-0.3, -0.25) is 4.68 Å². The predicted octanol–water partition coefficient (Wildman–Crippen LogP) is -0.152. The first-order chi connectivity index (χ1) is 8.24. The number of sulfonamides is 1. The van der Waals surface area contributed by atoms with Gasteiger partial charge in [-0.05, 0) is 20.3 Å². The van der Waals surface area contributed by atoms with Crippen molar-refractivity contribution in [3.63, 3.8) is 0 Å². The first-order valence-electron chi connectivity index (χ1n) is 5.69. The molecule has 2 unspecified atom stereocenters. The molecule has 1 saturated heterocycles. The van der Waals surface area contributed by atoms with Crippen LogP contribution < -0.4 is 10.5 Å². The summed E-state index contributed by atoms with van der Waals surface area (Å²) in [5, 5.41) is 3.84. The summed E-state index contributed by atoms with van der Waals surface area (Å²) in [6.45, 7) is 4.22. The summed E-state index contributed by atoms with van der Waals surface area (Å²) in [5.41, 5.74) is 4.99. The second kappa shape index (κ2) is 4.22. The number of hydrogen-bond acceptors (Lipinski definition) is 5. The standard InChI is InChI=1S/C10H18N4O3S/c1-7-10(2,4-5-17-7)13-18(15,16)8-6-14(3)12-9(8)11/h6-7,13H,4-5H2,1-3H3,(H2,11,12). The minimum atomic E-state index is -3.68. The molecule has 1 fully saturated rings. The Bertz CT molecular complexity index is 553. The van der Waals surface area contributed by atoms with Crippen LogP contribution in [-0.4, -0.2) is 36.4 Å². The van der Waals surface area contributed by atoms with Crippen LogP contribution in [0.4, 0.5) is 5.82 Å². The Kier molecular flexibility index (Phi) is 3.12. The summed E-state index contributed by atoms with van der Waals surface area (Å²) in [7, 11) is -2.06. The normalized spacial score (nSPS) is 28.7. The summed E-state index contributed by atoms with van der Waals surface area (Å²) >= 11 is 0. The molecule has 1 aromatic rings. The molecule has 1 aliphatic heterocycles. The zero-order chi connectivity index (χ0) is 13.6. The Balaban J connectivity index is 2.30. The number of nitrogens with two attached hydrogens (primary N) is 1. The highest BCUT2D eigenvalue weighted by Crippen LogP contribution is 2.28. The Morgan fingerprint density at radius 1 is 1.67 bits per heavy atom. The van der Waals surface area contributed by atoms with E-state index < -0.39 is 15.6 Å². The van der Waals surface area contributed by atoms with Crippen LogP contribution in [0.15, 0.2) is 11.1 Å². The number of nitrogens with one attached hydrogen (secondary N) is 1. The van der Waals surface area contributed by atoms with Gasteiger partial charge in [-0.25, -0.2) is 13.1 Å². The van der Waals surface area contributed by atoms with Crippen LogP contribution in [0.25, 0.3) is 0 Å². The lowest BCUT2D eigenvalue weighted by molar-refractivity contribution is 0.0957. The van der Waals surface area contributed by atoms with Gasteiger partial charge < -0.3 is 10.5 Å². The van der Waals surface area contributed by atoms with Gasteiger partial charge in [0.2, 0.25) is 10.0 Å². The summed E-state index contributed by atoms with van der Waals surface area (Å²) < 4.78 is 34.0. The maximum absolute atomic E-state index is 12.3.